The molecule has 2 aromatic rings. The van der Waals surface area contributed by atoms with Gasteiger partial charge in [-0.15, -0.1) is 0 Å². The SMILES string of the molecule is C=C(CC(O)(Cc1c[nH]c2ccccc12)C(=O)O)C(=O)O. The van der Waals surface area contributed by atoms with Crippen LogP contribution in [-0.2, 0) is 16.0 Å². The van der Waals surface area contributed by atoms with Gasteiger partial charge >= 0.3 is 11.9 Å². The summed E-state index contributed by atoms with van der Waals surface area (Å²) in [6, 6.07) is 7.26. The number of hydrogen-bond donors (Lipinski definition) is 4. The van der Waals surface area contributed by atoms with Crippen molar-refractivity contribution in [1.29, 1.82) is 0 Å². The smallest absolute Gasteiger partial charge is 0.336 e. The van der Waals surface area contributed by atoms with Crippen molar-refractivity contribution in [2.45, 2.75) is 18.4 Å². The highest BCUT2D eigenvalue weighted by Crippen LogP contribution is 2.26. The van der Waals surface area contributed by atoms with Crippen molar-refractivity contribution in [2.75, 3.05) is 0 Å². The number of carboxylic acid groups (broad SMARTS) is 2. The number of aliphatic carboxylic acids is 2. The summed E-state index contributed by atoms with van der Waals surface area (Å²) in [6.45, 7) is 3.28. The first-order valence-corrected chi connectivity index (χ1v) is 6.25. The first-order chi connectivity index (χ1) is 9.83. The van der Waals surface area contributed by atoms with E-state index in [4.69, 9.17) is 5.11 Å². The number of carbonyl (C=O) groups is 2. The van der Waals surface area contributed by atoms with Gasteiger partial charge in [0.05, 0.1) is 0 Å². The Morgan fingerprint density at radius 1 is 1.24 bits per heavy atom. The lowest BCUT2D eigenvalue weighted by Gasteiger charge is -2.23. The molecule has 0 aliphatic carbocycles. The molecule has 1 heterocycles. The van der Waals surface area contributed by atoms with E-state index in [2.05, 4.69) is 11.6 Å². The maximum atomic E-state index is 11.3. The second kappa shape index (κ2) is 5.41. The van der Waals surface area contributed by atoms with Crippen molar-refractivity contribution in [3.8, 4) is 0 Å². The Kier molecular flexibility index (Phi) is 3.82. The largest absolute Gasteiger partial charge is 0.479 e. The lowest BCUT2D eigenvalue weighted by molar-refractivity contribution is -0.158. The lowest BCUT2D eigenvalue weighted by Crippen LogP contribution is -2.41. The fraction of sp³-hybridized carbons (Fsp3) is 0.200. The highest BCUT2D eigenvalue weighted by molar-refractivity contribution is 5.89. The molecule has 0 fully saturated rings. The van der Waals surface area contributed by atoms with Crippen LogP contribution in [0.4, 0.5) is 0 Å². The number of fused-ring (bicyclic) bond motifs is 1. The van der Waals surface area contributed by atoms with Crippen LogP contribution in [0, 0.1) is 0 Å². The third-order valence-electron chi connectivity index (χ3n) is 3.36. The first-order valence-electron chi connectivity index (χ1n) is 6.25. The Morgan fingerprint density at radius 2 is 1.90 bits per heavy atom. The lowest BCUT2D eigenvalue weighted by atomic mass is 9.88. The summed E-state index contributed by atoms with van der Waals surface area (Å²) in [5.41, 5.74) is -1.13. The molecule has 21 heavy (non-hydrogen) atoms. The number of hydrogen-bond acceptors (Lipinski definition) is 3. The van der Waals surface area contributed by atoms with Gasteiger partial charge in [-0.3, -0.25) is 0 Å². The molecule has 4 N–H and O–H groups in total. The minimum absolute atomic E-state index is 0.210. The van der Waals surface area contributed by atoms with E-state index in [0.29, 0.717) is 5.56 Å². The highest BCUT2D eigenvalue weighted by atomic mass is 16.4. The minimum Gasteiger partial charge on any atom is -0.479 e. The number of para-hydroxylation sites is 1. The van der Waals surface area contributed by atoms with E-state index in [-0.39, 0.29) is 12.0 Å². The van der Waals surface area contributed by atoms with Gasteiger partial charge in [-0.05, 0) is 11.6 Å². The molecule has 1 aromatic heterocycles. The minimum atomic E-state index is -2.21. The quantitative estimate of drug-likeness (QED) is 0.603. The van der Waals surface area contributed by atoms with Crippen molar-refractivity contribution < 1.29 is 24.9 Å². The molecule has 0 bridgehead atoms. The van der Waals surface area contributed by atoms with Crippen LogP contribution >= 0.6 is 0 Å². The molecule has 0 saturated carbocycles. The standard InChI is InChI=1S/C15H15NO5/c1-9(13(17)18)6-15(21,14(19)20)7-10-8-16-12-5-3-2-4-11(10)12/h2-5,8,16,21H,1,6-7H2,(H,17,18)(H,19,20). The Balaban J connectivity index is 2.34. The van der Waals surface area contributed by atoms with Gasteiger partial charge in [0.1, 0.15) is 0 Å². The molecule has 1 atom stereocenters. The van der Waals surface area contributed by atoms with Gasteiger partial charge < -0.3 is 20.3 Å². The van der Waals surface area contributed by atoms with Crippen LogP contribution < -0.4 is 0 Å². The van der Waals surface area contributed by atoms with Crippen LogP contribution in [0.1, 0.15) is 12.0 Å². The van der Waals surface area contributed by atoms with E-state index in [1.807, 2.05) is 12.1 Å². The van der Waals surface area contributed by atoms with Crippen LogP contribution in [0.5, 0.6) is 0 Å². The summed E-state index contributed by atoms with van der Waals surface area (Å²) in [6.07, 6.45) is 0.859. The molecular weight excluding hydrogens is 274 g/mol. The van der Waals surface area contributed by atoms with Gasteiger partial charge in [-0.25, -0.2) is 9.59 Å². The van der Waals surface area contributed by atoms with Crippen molar-refractivity contribution in [3.63, 3.8) is 0 Å². The summed E-state index contributed by atoms with van der Waals surface area (Å²) in [5, 5.41) is 29.1. The van der Waals surface area contributed by atoms with Gasteiger partial charge in [0.2, 0.25) is 0 Å². The van der Waals surface area contributed by atoms with E-state index in [9.17, 15) is 19.8 Å². The Labute approximate surface area is 120 Å². The Bertz CT molecular complexity index is 718. The molecule has 0 aliphatic rings. The second-order valence-corrected chi connectivity index (χ2v) is 4.96. The van der Waals surface area contributed by atoms with Gasteiger partial charge in [0, 0.05) is 35.5 Å². The van der Waals surface area contributed by atoms with E-state index in [1.54, 1.807) is 18.3 Å². The second-order valence-electron chi connectivity index (χ2n) is 4.96. The number of aliphatic hydroxyl groups is 1. The van der Waals surface area contributed by atoms with Crippen LogP contribution in [0.25, 0.3) is 10.9 Å². The fourth-order valence-electron chi connectivity index (χ4n) is 2.24. The number of benzene rings is 1. The molecule has 2 rings (SSSR count). The molecule has 0 radical (unpaired) electrons. The third kappa shape index (κ3) is 2.95. The number of aromatic nitrogens is 1. The van der Waals surface area contributed by atoms with E-state index >= 15 is 0 Å². The topological polar surface area (TPSA) is 111 Å². The van der Waals surface area contributed by atoms with Crippen molar-refractivity contribution in [2.24, 2.45) is 0 Å². The number of H-pyrrole nitrogens is 1. The molecule has 0 amide bonds. The van der Waals surface area contributed by atoms with E-state index in [1.165, 1.54) is 0 Å². The molecule has 110 valence electrons. The zero-order valence-electron chi connectivity index (χ0n) is 11.2. The number of aromatic amines is 1. The molecule has 1 unspecified atom stereocenters. The predicted octanol–water partition coefficient (Wildman–Crippen LogP) is 1.56. The van der Waals surface area contributed by atoms with Crippen molar-refractivity contribution >= 4 is 22.8 Å². The summed E-state index contributed by atoms with van der Waals surface area (Å²) in [5.74, 6) is -2.80. The first kappa shape index (κ1) is 14.8. The van der Waals surface area contributed by atoms with Gasteiger partial charge in [-0.2, -0.15) is 0 Å². The zero-order chi connectivity index (χ0) is 15.6. The molecule has 0 aliphatic heterocycles. The predicted molar refractivity (Wildman–Crippen MR) is 76.0 cm³/mol. The number of carboxylic acids is 2. The van der Waals surface area contributed by atoms with E-state index in [0.717, 1.165) is 10.9 Å². The Morgan fingerprint density at radius 3 is 2.52 bits per heavy atom. The molecule has 1 aromatic carbocycles. The maximum absolute atomic E-state index is 11.3. The molecular formula is C15H15NO5. The maximum Gasteiger partial charge on any atom is 0.336 e. The molecule has 0 saturated heterocycles. The summed E-state index contributed by atoms with van der Waals surface area (Å²) >= 11 is 0. The van der Waals surface area contributed by atoms with Crippen LogP contribution in [0.15, 0.2) is 42.6 Å². The van der Waals surface area contributed by atoms with Crippen LogP contribution in [0.2, 0.25) is 0 Å². The van der Waals surface area contributed by atoms with Gasteiger partial charge in [-0.1, -0.05) is 24.8 Å². The molecule has 6 heteroatoms. The summed E-state index contributed by atoms with van der Waals surface area (Å²) in [4.78, 5) is 25.1. The summed E-state index contributed by atoms with van der Waals surface area (Å²) in [7, 11) is 0. The summed E-state index contributed by atoms with van der Waals surface area (Å²) < 4.78 is 0. The van der Waals surface area contributed by atoms with Crippen molar-refractivity contribution in [3.05, 3.63) is 48.2 Å². The third-order valence-corrected chi connectivity index (χ3v) is 3.36. The monoisotopic (exact) mass is 289 g/mol. The van der Waals surface area contributed by atoms with Crippen LogP contribution in [-0.4, -0.2) is 37.8 Å². The normalized spacial score (nSPS) is 13.8. The number of nitrogens with one attached hydrogen (secondary N) is 1. The van der Waals surface area contributed by atoms with Crippen molar-refractivity contribution in [1.82, 2.24) is 4.98 Å². The van der Waals surface area contributed by atoms with Gasteiger partial charge in [0.25, 0.3) is 0 Å². The highest BCUT2D eigenvalue weighted by Gasteiger charge is 2.38. The fourth-order valence-corrected chi connectivity index (χ4v) is 2.24. The molecule has 6 nitrogen and oxygen atoms in total. The zero-order valence-corrected chi connectivity index (χ0v) is 11.2. The Hall–Kier alpha value is -2.60. The molecule has 0 spiro atoms. The number of rotatable bonds is 6. The average molecular weight is 289 g/mol. The van der Waals surface area contributed by atoms with Gasteiger partial charge in [0.15, 0.2) is 5.60 Å². The average Bonchev–Trinajstić information content (AvgIpc) is 2.81. The van der Waals surface area contributed by atoms with E-state index < -0.39 is 24.0 Å². The van der Waals surface area contributed by atoms with Crippen LogP contribution in [0.3, 0.4) is 0 Å².